The van der Waals surface area contributed by atoms with Crippen molar-refractivity contribution in [1.82, 2.24) is 5.32 Å². The van der Waals surface area contributed by atoms with Crippen LogP contribution >= 0.6 is 23.1 Å². The molecule has 4 nitrogen and oxygen atoms in total. The van der Waals surface area contributed by atoms with Gasteiger partial charge in [0.05, 0.1) is 24.3 Å². The minimum atomic E-state index is -0.412. The van der Waals surface area contributed by atoms with Crippen molar-refractivity contribution in [2.45, 2.75) is 32.2 Å². The van der Waals surface area contributed by atoms with Gasteiger partial charge in [-0.15, -0.1) is 23.1 Å². The summed E-state index contributed by atoms with van der Waals surface area (Å²) in [6.07, 6.45) is 0. The summed E-state index contributed by atoms with van der Waals surface area (Å²) in [5.74, 6) is 1.29. The van der Waals surface area contributed by atoms with E-state index in [-0.39, 0.29) is 11.7 Å². The van der Waals surface area contributed by atoms with Gasteiger partial charge in [0, 0.05) is 15.2 Å². The number of carbonyl (C=O) groups excluding carboxylic acids is 2. The first-order valence-electron chi connectivity index (χ1n) is 7.96. The van der Waals surface area contributed by atoms with Gasteiger partial charge in [0.15, 0.2) is 5.78 Å². The summed E-state index contributed by atoms with van der Waals surface area (Å²) in [6.45, 7) is 6.09. The lowest BCUT2D eigenvalue weighted by Crippen LogP contribution is -2.34. The van der Waals surface area contributed by atoms with Crippen molar-refractivity contribution in [3.05, 3.63) is 46.2 Å². The maximum Gasteiger partial charge on any atom is 0.225 e. The molecule has 1 aromatic heterocycles. The second kappa shape index (κ2) is 8.54. The van der Waals surface area contributed by atoms with Crippen LogP contribution in [0.4, 0.5) is 0 Å². The maximum atomic E-state index is 12.3. The largest absolute Gasteiger partial charge is 0.497 e. The number of thioether (sulfide) groups is 1. The highest BCUT2D eigenvalue weighted by atomic mass is 32.2. The molecule has 6 heteroatoms. The highest BCUT2D eigenvalue weighted by Crippen LogP contribution is 2.24. The average Bonchev–Trinajstić information content (AvgIpc) is 3.06. The van der Waals surface area contributed by atoms with Crippen molar-refractivity contribution in [1.29, 1.82) is 0 Å². The number of carbonyl (C=O) groups is 2. The van der Waals surface area contributed by atoms with Crippen molar-refractivity contribution >= 4 is 34.8 Å². The van der Waals surface area contributed by atoms with Gasteiger partial charge in [-0.3, -0.25) is 9.59 Å². The Labute approximate surface area is 157 Å². The van der Waals surface area contributed by atoms with Gasteiger partial charge in [-0.2, -0.15) is 0 Å². The lowest BCUT2D eigenvalue weighted by molar-refractivity contribution is -0.128. The molecule has 25 heavy (non-hydrogen) atoms. The smallest absolute Gasteiger partial charge is 0.225 e. The third-order valence-corrected chi connectivity index (χ3v) is 5.61. The predicted molar refractivity (Wildman–Crippen MR) is 104 cm³/mol. The highest BCUT2D eigenvalue weighted by Gasteiger charge is 2.20. The van der Waals surface area contributed by atoms with Crippen molar-refractivity contribution in [2.24, 2.45) is 5.41 Å². The molecule has 134 valence electrons. The monoisotopic (exact) mass is 377 g/mol. The number of hydrogen-bond donors (Lipinski definition) is 1. The number of thiophene rings is 1. The molecule has 1 amide bonds. The zero-order chi connectivity index (χ0) is 18.4. The quantitative estimate of drug-likeness (QED) is 0.574. The van der Waals surface area contributed by atoms with E-state index in [0.717, 1.165) is 20.4 Å². The van der Waals surface area contributed by atoms with Gasteiger partial charge in [0.1, 0.15) is 5.75 Å². The van der Waals surface area contributed by atoms with Gasteiger partial charge in [-0.25, -0.2) is 0 Å². The van der Waals surface area contributed by atoms with Crippen molar-refractivity contribution in [2.75, 3.05) is 12.9 Å². The normalized spacial score (nSPS) is 11.2. The molecular weight excluding hydrogens is 354 g/mol. The molecule has 0 unspecified atom stereocenters. The Kier molecular flexibility index (Phi) is 6.67. The summed E-state index contributed by atoms with van der Waals surface area (Å²) in [7, 11) is 1.63. The molecular formula is C19H23NO3S2. The number of benzene rings is 1. The fraction of sp³-hybridized carbons (Fsp3) is 0.368. The average molecular weight is 378 g/mol. The number of ether oxygens (including phenoxy) is 1. The van der Waals surface area contributed by atoms with Crippen LogP contribution in [0.2, 0.25) is 0 Å². The fourth-order valence-electron chi connectivity index (χ4n) is 1.95. The van der Waals surface area contributed by atoms with Gasteiger partial charge in [-0.1, -0.05) is 20.8 Å². The summed E-state index contributed by atoms with van der Waals surface area (Å²) in [5, 5.41) is 2.90. The zero-order valence-electron chi connectivity index (χ0n) is 14.9. The van der Waals surface area contributed by atoms with E-state index in [0.29, 0.717) is 12.3 Å². The molecule has 2 rings (SSSR count). The van der Waals surface area contributed by atoms with E-state index in [1.54, 1.807) is 7.11 Å². The highest BCUT2D eigenvalue weighted by molar-refractivity contribution is 8.00. The number of rotatable bonds is 7. The molecule has 0 fully saturated rings. The first kappa shape index (κ1) is 19.5. The minimum absolute atomic E-state index is 0.00355. The Balaban J connectivity index is 1.86. The summed E-state index contributed by atoms with van der Waals surface area (Å²) >= 11 is 2.94. The Hall–Kier alpha value is -1.79. The van der Waals surface area contributed by atoms with Crippen LogP contribution in [0.1, 0.15) is 35.3 Å². The molecule has 0 spiro atoms. The summed E-state index contributed by atoms with van der Waals surface area (Å²) < 4.78 is 5.12. The van der Waals surface area contributed by atoms with Gasteiger partial charge in [0.25, 0.3) is 0 Å². The third kappa shape index (κ3) is 5.90. The van der Waals surface area contributed by atoms with Gasteiger partial charge < -0.3 is 10.1 Å². The SMILES string of the molecule is COc1ccc(SCC(=O)c2ccc(CNC(=O)C(C)(C)C)s2)cc1. The predicted octanol–water partition coefficient (Wildman–Crippen LogP) is 4.39. The summed E-state index contributed by atoms with van der Waals surface area (Å²) in [6, 6.07) is 11.4. The number of Topliss-reactive ketones (excluding diaryl/α,β-unsaturated/α-hetero) is 1. The first-order chi connectivity index (χ1) is 11.8. The van der Waals surface area contributed by atoms with E-state index in [4.69, 9.17) is 4.74 Å². The van der Waals surface area contributed by atoms with Crippen LogP contribution in [0.5, 0.6) is 5.75 Å². The van der Waals surface area contributed by atoms with Crippen LogP contribution in [-0.4, -0.2) is 24.6 Å². The minimum Gasteiger partial charge on any atom is -0.497 e. The molecule has 0 bridgehead atoms. The van der Waals surface area contributed by atoms with E-state index < -0.39 is 5.41 Å². The molecule has 1 heterocycles. The van der Waals surface area contributed by atoms with E-state index in [1.165, 1.54) is 23.1 Å². The molecule has 1 N–H and O–H groups in total. The molecule has 0 aliphatic rings. The van der Waals surface area contributed by atoms with Crippen molar-refractivity contribution in [3.63, 3.8) is 0 Å². The first-order valence-corrected chi connectivity index (χ1v) is 9.77. The Morgan fingerprint density at radius 2 is 1.80 bits per heavy atom. The number of hydrogen-bond acceptors (Lipinski definition) is 5. The van der Waals surface area contributed by atoms with E-state index in [2.05, 4.69) is 5.32 Å². The standard InChI is InChI=1S/C19H23NO3S2/c1-19(2,3)18(22)20-11-15-9-10-17(25-15)16(21)12-24-14-7-5-13(23-4)6-8-14/h5-10H,11-12H2,1-4H3,(H,20,22). The Bertz CT molecular complexity index is 730. The number of amides is 1. The third-order valence-electron chi connectivity index (χ3n) is 3.47. The molecule has 0 radical (unpaired) electrons. The summed E-state index contributed by atoms with van der Waals surface area (Å²) in [4.78, 5) is 27.0. The van der Waals surface area contributed by atoms with Crippen LogP contribution in [0, 0.1) is 5.41 Å². The number of methoxy groups -OCH3 is 1. The lowest BCUT2D eigenvalue weighted by Gasteiger charge is -2.17. The molecule has 0 atom stereocenters. The molecule has 0 aliphatic heterocycles. The number of ketones is 1. The van der Waals surface area contributed by atoms with Crippen LogP contribution < -0.4 is 10.1 Å². The van der Waals surface area contributed by atoms with Crippen molar-refractivity contribution < 1.29 is 14.3 Å². The van der Waals surface area contributed by atoms with E-state index >= 15 is 0 Å². The van der Waals surface area contributed by atoms with E-state index in [1.807, 2.05) is 57.2 Å². The van der Waals surface area contributed by atoms with E-state index in [9.17, 15) is 9.59 Å². The van der Waals surface area contributed by atoms with Crippen LogP contribution in [0.3, 0.4) is 0 Å². The molecule has 0 saturated heterocycles. The van der Waals surface area contributed by atoms with Crippen LogP contribution in [0.15, 0.2) is 41.3 Å². The number of nitrogens with one attached hydrogen (secondary N) is 1. The second-order valence-corrected chi connectivity index (χ2v) is 8.80. The Morgan fingerprint density at radius 3 is 2.40 bits per heavy atom. The Morgan fingerprint density at radius 1 is 1.12 bits per heavy atom. The topological polar surface area (TPSA) is 55.4 Å². The maximum absolute atomic E-state index is 12.3. The lowest BCUT2D eigenvalue weighted by atomic mass is 9.96. The van der Waals surface area contributed by atoms with Crippen LogP contribution in [0.25, 0.3) is 0 Å². The summed E-state index contributed by atoms with van der Waals surface area (Å²) in [5.41, 5.74) is -0.412. The van der Waals surface area contributed by atoms with Gasteiger partial charge in [0.2, 0.25) is 5.91 Å². The molecule has 0 aliphatic carbocycles. The molecule has 2 aromatic rings. The molecule has 1 aromatic carbocycles. The second-order valence-electron chi connectivity index (χ2n) is 6.59. The van der Waals surface area contributed by atoms with Gasteiger partial charge >= 0.3 is 0 Å². The zero-order valence-corrected chi connectivity index (χ0v) is 16.6. The molecule has 0 saturated carbocycles. The van der Waals surface area contributed by atoms with Gasteiger partial charge in [-0.05, 0) is 36.4 Å². The van der Waals surface area contributed by atoms with Crippen LogP contribution in [-0.2, 0) is 11.3 Å². The van der Waals surface area contributed by atoms with Crippen molar-refractivity contribution in [3.8, 4) is 5.75 Å². The fourth-order valence-corrected chi connectivity index (χ4v) is 3.71.